The zero-order valence-corrected chi connectivity index (χ0v) is 11.6. The lowest BCUT2D eigenvalue weighted by Crippen LogP contribution is -2.01. The van der Waals surface area contributed by atoms with Gasteiger partial charge in [0.15, 0.2) is 5.78 Å². The Morgan fingerprint density at radius 1 is 1.05 bits per heavy atom. The van der Waals surface area contributed by atoms with E-state index in [-0.39, 0.29) is 10.8 Å². The molecule has 0 radical (unpaired) electrons. The van der Waals surface area contributed by atoms with E-state index in [1.54, 1.807) is 24.4 Å². The van der Waals surface area contributed by atoms with Crippen molar-refractivity contribution in [3.8, 4) is 0 Å². The Balaban J connectivity index is 2.15. The van der Waals surface area contributed by atoms with Gasteiger partial charge < -0.3 is 4.98 Å². The Morgan fingerprint density at radius 2 is 1.85 bits per heavy atom. The molecule has 1 heterocycles. The minimum absolute atomic E-state index is 0.272. The molecular weight excluding hydrogens is 300 g/mol. The quantitative estimate of drug-likeness (QED) is 0.675. The SMILES string of the molecule is O=C(c1ccc(Cl)cc1Cl)c1c[nH]c2ccc(F)cc12. The maximum atomic E-state index is 13.3. The molecule has 0 unspecified atom stereocenters. The van der Waals surface area contributed by atoms with E-state index in [1.165, 1.54) is 18.2 Å². The first-order chi connectivity index (χ1) is 9.56. The van der Waals surface area contributed by atoms with E-state index in [4.69, 9.17) is 23.2 Å². The van der Waals surface area contributed by atoms with Crippen LogP contribution in [-0.2, 0) is 0 Å². The van der Waals surface area contributed by atoms with Gasteiger partial charge in [0.2, 0.25) is 0 Å². The van der Waals surface area contributed by atoms with Crippen LogP contribution in [0.5, 0.6) is 0 Å². The van der Waals surface area contributed by atoms with Gasteiger partial charge in [-0.1, -0.05) is 23.2 Å². The minimum atomic E-state index is -0.395. The predicted octanol–water partition coefficient (Wildman–Crippen LogP) is 4.84. The molecule has 0 aliphatic carbocycles. The van der Waals surface area contributed by atoms with E-state index in [0.29, 0.717) is 27.1 Å². The highest BCUT2D eigenvalue weighted by Gasteiger charge is 2.17. The predicted molar refractivity (Wildman–Crippen MR) is 78.2 cm³/mol. The Labute approximate surface area is 124 Å². The molecule has 0 spiro atoms. The van der Waals surface area contributed by atoms with Crippen LogP contribution in [0.1, 0.15) is 15.9 Å². The molecule has 0 aliphatic heterocycles. The van der Waals surface area contributed by atoms with Crippen LogP contribution >= 0.6 is 23.2 Å². The van der Waals surface area contributed by atoms with E-state index in [2.05, 4.69) is 4.98 Å². The van der Waals surface area contributed by atoms with E-state index < -0.39 is 5.82 Å². The largest absolute Gasteiger partial charge is 0.360 e. The van der Waals surface area contributed by atoms with Crippen LogP contribution in [0.25, 0.3) is 10.9 Å². The molecule has 2 aromatic carbocycles. The van der Waals surface area contributed by atoms with E-state index in [0.717, 1.165) is 0 Å². The Bertz CT molecular complexity index is 826. The third kappa shape index (κ3) is 2.19. The Morgan fingerprint density at radius 3 is 2.60 bits per heavy atom. The number of nitrogens with one attached hydrogen (secondary N) is 1. The van der Waals surface area contributed by atoms with Crippen molar-refractivity contribution in [3.63, 3.8) is 0 Å². The van der Waals surface area contributed by atoms with Gasteiger partial charge in [-0.2, -0.15) is 0 Å². The number of hydrogen-bond acceptors (Lipinski definition) is 1. The van der Waals surface area contributed by atoms with Crippen molar-refractivity contribution in [2.75, 3.05) is 0 Å². The number of carbonyl (C=O) groups excluding carboxylic acids is 1. The number of aromatic amines is 1. The van der Waals surface area contributed by atoms with Gasteiger partial charge in [0.25, 0.3) is 0 Å². The fourth-order valence-corrected chi connectivity index (χ4v) is 2.59. The molecule has 0 amide bonds. The van der Waals surface area contributed by atoms with Crippen LogP contribution in [0.3, 0.4) is 0 Å². The van der Waals surface area contributed by atoms with Crippen molar-refractivity contribution in [3.05, 3.63) is 69.6 Å². The molecule has 100 valence electrons. The number of rotatable bonds is 2. The summed E-state index contributed by atoms with van der Waals surface area (Å²) in [6.07, 6.45) is 1.55. The second-order valence-electron chi connectivity index (χ2n) is 4.35. The third-order valence-corrected chi connectivity index (χ3v) is 3.61. The maximum absolute atomic E-state index is 13.3. The average Bonchev–Trinajstić information content (AvgIpc) is 2.81. The van der Waals surface area contributed by atoms with Crippen molar-refractivity contribution < 1.29 is 9.18 Å². The molecule has 0 fully saturated rings. The number of fused-ring (bicyclic) bond motifs is 1. The first-order valence-corrected chi connectivity index (χ1v) is 6.58. The first-order valence-electron chi connectivity index (χ1n) is 5.82. The number of ketones is 1. The van der Waals surface area contributed by atoms with E-state index in [9.17, 15) is 9.18 Å². The molecule has 20 heavy (non-hydrogen) atoms. The summed E-state index contributed by atoms with van der Waals surface area (Å²) < 4.78 is 13.3. The summed E-state index contributed by atoms with van der Waals surface area (Å²) >= 11 is 11.8. The number of benzene rings is 2. The topological polar surface area (TPSA) is 32.9 Å². The zero-order chi connectivity index (χ0) is 14.3. The maximum Gasteiger partial charge on any atom is 0.196 e. The van der Waals surface area contributed by atoms with Crippen LogP contribution in [0.15, 0.2) is 42.6 Å². The highest BCUT2D eigenvalue weighted by molar-refractivity contribution is 6.38. The summed E-state index contributed by atoms with van der Waals surface area (Å²) in [5, 5.41) is 1.26. The van der Waals surface area contributed by atoms with Crippen LogP contribution in [0, 0.1) is 5.82 Å². The van der Waals surface area contributed by atoms with Crippen molar-refractivity contribution >= 4 is 39.9 Å². The number of halogens is 3. The molecule has 0 bridgehead atoms. The molecule has 2 nitrogen and oxygen atoms in total. The number of carbonyl (C=O) groups is 1. The van der Waals surface area contributed by atoms with Crippen molar-refractivity contribution in [2.45, 2.75) is 0 Å². The Hall–Kier alpha value is -1.84. The molecule has 0 saturated carbocycles. The van der Waals surface area contributed by atoms with Crippen LogP contribution in [0.4, 0.5) is 4.39 Å². The standard InChI is InChI=1S/C15H8Cl2FNO/c16-8-1-3-10(13(17)5-8)15(20)12-7-19-14-4-2-9(18)6-11(12)14/h1-7,19H. The van der Waals surface area contributed by atoms with E-state index in [1.807, 2.05) is 0 Å². The van der Waals surface area contributed by atoms with Crippen molar-refractivity contribution in [1.82, 2.24) is 4.98 Å². The van der Waals surface area contributed by atoms with Crippen LogP contribution in [0.2, 0.25) is 10.0 Å². The fourth-order valence-electron chi connectivity index (χ4n) is 2.10. The normalized spacial score (nSPS) is 10.9. The summed E-state index contributed by atoms with van der Waals surface area (Å²) in [7, 11) is 0. The molecule has 0 saturated heterocycles. The van der Waals surface area contributed by atoms with Gasteiger partial charge in [-0.05, 0) is 36.4 Å². The second-order valence-corrected chi connectivity index (χ2v) is 5.19. The lowest BCUT2D eigenvalue weighted by molar-refractivity contribution is 0.104. The smallest absolute Gasteiger partial charge is 0.196 e. The van der Waals surface area contributed by atoms with E-state index >= 15 is 0 Å². The summed E-state index contributed by atoms with van der Waals surface area (Å²) in [6, 6.07) is 8.91. The fraction of sp³-hybridized carbons (Fsp3) is 0. The van der Waals surface area contributed by atoms with Gasteiger partial charge in [-0.25, -0.2) is 4.39 Å². The highest BCUT2D eigenvalue weighted by Crippen LogP contribution is 2.27. The van der Waals surface area contributed by atoms with Crippen LogP contribution < -0.4 is 0 Å². The summed E-state index contributed by atoms with van der Waals surface area (Å²) in [6.45, 7) is 0. The summed E-state index contributed by atoms with van der Waals surface area (Å²) in [5.74, 6) is -0.670. The molecule has 1 aromatic heterocycles. The third-order valence-electron chi connectivity index (χ3n) is 3.06. The Kier molecular flexibility index (Phi) is 3.24. The zero-order valence-electron chi connectivity index (χ0n) is 10.1. The molecule has 1 N–H and O–H groups in total. The second kappa shape index (κ2) is 4.93. The van der Waals surface area contributed by atoms with Crippen molar-refractivity contribution in [2.24, 2.45) is 0 Å². The number of H-pyrrole nitrogens is 1. The van der Waals surface area contributed by atoms with Gasteiger partial charge in [0, 0.05) is 33.2 Å². The molecule has 0 atom stereocenters. The molecule has 5 heteroatoms. The molecule has 0 aliphatic rings. The van der Waals surface area contributed by atoms with Crippen LogP contribution in [-0.4, -0.2) is 10.8 Å². The molecule has 3 aromatic rings. The summed E-state index contributed by atoms with van der Waals surface area (Å²) in [4.78, 5) is 15.4. The van der Waals surface area contributed by atoms with Gasteiger partial charge in [0.1, 0.15) is 5.82 Å². The molecule has 3 rings (SSSR count). The van der Waals surface area contributed by atoms with Crippen molar-refractivity contribution in [1.29, 1.82) is 0 Å². The van der Waals surface area contributed by atoms with Gasteiger partial charge in [-0.15, -0.1) is 0 Å². The number of hydrogen-bond donors (Lipinski definition) is 1. The first kappa shape index (κ1) is 13.2. The lowest BCUT2D eigenvalue weighted by Gasteiger charge is -2.03. The monoisotopic (exact) mass is 307 g/mol. The van der Waals surface area contributed by atoms with Gasteiger partial charge in [0.05, 0.1) is 5.02 Å². The highest BCUT2D eigenvalue weighted by atomic mass is 35.5. The molecular formula is C15H8Cl2FNO. The summed E-state index contributed by atoms with van der Waals surface area (Å²) in [5.41, 5.74) is 1.41. The van der Waals surface area contributed by atoms with Gasteiger partial charge >= 0.3 is 0 Å². The average molecular weight is 308 g/mol. The van der Waals surface area contributed by atoms with Gasteiger partial charge in [-0.3, -0.25) is 4.79 Å². The number of aromatic nitrogens is 1. The minimum Gasteiger partial charge on any atom is -0.360 e. The lowest BCUT2D eigenvalue weighted by atomic mass is 10.0.